The van der Waals surface area contributed by atoms with E-state index in [9.17, 15) is 4.79 Å². The van der Waals surface area contributed by atoms with Gasteiger partial charge in [0.2, 0.25) is 5.95 Å². The zero-order valence-electron chi connectivity index (χ0n) is 9.84. The molecule has 1 aromatic rings. The maximum Gasteiger partial charge on any atom is 0.354 e. The number of rotatable bonds is 5. The van der Waals surface area contributed by atoms with Crippen molar-refractivity contribution in [1.29, 1.82) is 0 Å². The van der Waals surface area contributed by atoms with E-state index in [1.54, 1.807) is 0 Å². The SMILES string of the molecule is CC(C)CCN(C)c1nccc(C(=O)O)n1. The number of aromatic carboxylic acids is 1. The number of hydrogen-bond donors (Lipinski definition) is 1. The fraction of sp³-hybridized carbons (Fsp3) is 0.545. The van der Waals surface area contributed by atoms with Crippen molar-refractivity contribution in [2.75, 3.05) is 18.5 Å². The van der Waals surface area contributed by atoms with Crippen LogP contribution in [-0.4, -0.2) is 34.6 Å². The Balaban J connectivity index is 2.71. The number of anilines is 1. The van der Waals surface area contributed by atoms with E-state index in [1.165, 1.54) is 12.3 Å². The first-order chi connectivity index (χ1) is 7.50. The molecule has 88 valence electrons. The topological polar surface area (TPSA) is 66.3 Å². The summed E-state index contributed by atoms with van der Waals surface area (Å²) in [7, 11) is 1.86. The molecule has 0 aromatic carbocycles. The Morgan fingerprint density at radius 1 is 1.56 bits per heavy atom. The average Bonchev–Trinajstić information content (AvgIpc) is 2.26. The van der Waals surface area contributed by atoms with Crippen LogP contribution in [0.3, 0.4) is 0 Å². The largest absolute Gasteiger partial charge is 0.477 e. The first-order valence-electron chi connectivity index (χ1n) is 5.28. The molecular weight excluding hydrogens is 206 g/mol. The summed E-state index contributed by atoms with van der Waals surface area (Å²) in [5.74, 6) is 0.0339. The summed E-state index contributed by atoms with van der Waals surface area (Å²) in [5.41, 5.74) is 0.0291. The van der Waals surface area contributed by atoms with Crippen LogP contribution in [0.25, 0.3) is 0 Å². The summed E-state index contributed by atoms with van der Waals surface area (Å²) in [4.78, 5) is 20.6. The minimum absolute atomic E-state index is 0.0291. The molecule has 0 saturated carbocycles. The Hall–Kier alpha value is -1.65. The van der Waals surface area contributed by atoms with Gasteiger partial charge in [0.15, 0.2) is 5.69 Å². The maximum atomic E-state index is 10.7. The van der Waals surface area contributed by atoms with Gasteiger partial charge in [-0.25, -0.2) is 14.8 Å². The highest BCUT2D eigenvalue weighted by molar-refractivity contribution is 5.85. The van der Waals surface area contributed by atoms with Crippen LogP contribution in [0.2, 0.25) is 0 Å². The number of carboxylic acids is 1. The molecule has 0 amide bonds. The van der Waals surface area contributed by atoms with Gasteiger partial charge in [0.25, 0.3) is 0 Å². The van der Waals surface area contributed by atoms with Crippen molar-refractivity contribution in [2.24, 2.45) is 5.92 Å². The van der Waals surface area contributed by atoms with E-state index in [4.69, 9.17) is 5.11 Å². The third-order valence-corrected chi connectivity index (χ3v) is 2.25. The van der Waals surface area contributed by atoms with Gasteiger partial charge in [-0.3, -0.25) is 0 Å². The van der Waals surface area contributed by atoms with Gasteiger partial charge < -0.3 is 10.0 Å². The van der Waals surface area contributed by atoms with Gasteiger partial charge >= 0.3 is 5.97 Å². The summed E-state index contributed by atoms with van der Waals surface area (Å²) < 4.78 is 0. The average molecular weight is 223 g/mol. The molecule has 0 saturated heterocycles. The lowest BCUT2D eigenvalue weighted by atomic mass is 10.1. The minimum Gasteiger partial charge on any atom is -0.477 e. The van der Waals surface area contributed by atoms with Crippen LogP contribution < -0.4 is 4.90 Å². The molecule has 0 atom stereocenters. The van der Waals surface area contributed by atoms with E-state index >= 15 is 0 Å². The van der Waals surface area contributed by atoms with Crippen LogP contribution in [0.4, 0.5) is 5.95 Å². The standard InChI is InChI=1S/C11H17N3O2/c1-8(2)5-7-14(3)11-12-6-4-9(13-11)10(15)16/h4,6,8H,5,7H2,1-3H3,(H,15,16). The zero-order valence-corrected chi connectivity index (χ0v) is 9.84. The normalized spacial score (nSPS) is 10.5. The van der Waals surface area contributed by atoms with Crippen molar-refractivity contribution in [3.8, 4) is 0 Å². The van der Waals surface area contributed by atoms with Crippen molar-refractivity contribution >= 4 is 11.9 Å². The highest BCUT2D eigenvalue weighted by Gasteiger charge is 2.09. The number of hydrogen-bond acceptors (Lipinski definition) is 4. The van der Waals surface area contributed by atoms with Crippen LogP contribution >= 0.6 is 0 Å². The molecule has 0 fully saturated rings. The maximum absolute atomic E-state index is 10.7. The van der Waals surface area contributed by atoms with E-state index in [0.717, 1.165) is 13.0 Å². The second kappa shape index (κ2) is 5.44. The number of aromatic nitrogens is 2. The summed E-state index contributed by atoms with van der Waals surface area (Å²) in [5, 5.41) is 8.80. The molecule has 1 N–H and O–H groups in total. The lowest BCUT2D eigenvalue weighted by Gasteiger charge is -2.17. The van der Waals surface area contributed by atoms with E-state index in [1.807, 2.05) is 11.9 Å². The molecule has 5 heteroatoms. The second-order valence-corrected chi connectivity index (χ2v) is 4.15. The summed E-state index contributed by atoms with van der Waals surface area (Å²) in [6, 6.07) is 1.39. The lowest BCUT2D eigenvalue weighted by molar-refractivity contribution is 0.0690. The Labute approximate surface area is 95.1 Å². The molecule has 5 nitrogen and oxygen atoms in total. The van der Waals surface area contributed by atoms with Crippen molar-refractivity contribution < 1.29 is 9.90 Å². The highest BCUT2D eigenvalue weighted by atomic mass is 16.4. The molecule has 1 heterocycles. The third-order valence-electron chi connectivity index (χ3n) is 2.25. The van der Waals surface area contributed by atoms with Gasteiger partial charge in [-0.05, 0) is 18.4 Å². The Morgan fingerprint density at radius 2 is 2.25 bits per heavy atom. The Morgan fingerprint density at radius 3 is 2.81 bits per heavy atom. The molecule has 0 bridgehead atoms. The molecule has 16 heavy (non-hydrogen) atoms. The lowest BCUT2D eigenvalue weighted by Crippen LogP contribution is -2.22. The molecule has 0 aliphatic heterocycles. The minimum atomic E-state index is -1.03. The number of carboxylic acid groups (broad SMARTS) is 1. The first kappa shape index (κ1) is 12.4. The molecule has 0 aliphatic carbocycles. The van der Waals surface area contributed by atoms with Crippen LogP contribution in [0, 0.1) is 5.92 Å². The highest BCUT2D eigenvalue weighted by Crippen LogP contribution is 2.08. The van der Waals surface area contributed by atoms with Gasteiger partial charge in [0, 0.05) is 19.8 Å². The van der Waals surface area contributed by atoms with Gasteiger partial charge in [0.1, 0.15) is 0 Å². The van der Waals surface area contributed by atoms with E-state index in [-0.39, 0.29) is 5.69 Å². The Bertz CT molecular complexity index is 366. The van der Waals surface area contributed by atoms with Gasteiger partial charge in [0.05, 0.1) is 0 Å². The van der Waals surface area contributed by atoms with E-state index in [2.05, 4.69) is 23.8 Å². The van der Waals surface area contributed by atoms with Crippen molar-refractivity contribution in [2.45, 2.75) is 20.3 Å². The van der Waals surface area contributed by atoms with E-state index in [0.29, 0.717) is 11.9 Å². The third kappa shape index (κ3) is 3.49. The first-order valence-corrected chi connectivity index (χ1v) is 5.28. The molecule has 0 unspecified atom stereocenters. The summed E-state index contributed by atoms with van der Waals surface area (Å²) in [6.45, 7) is 5.10. The molecule has 1 rings (SSSR count). The van der Waals surface area contributed by atoms with Gasteiger partial charge in [-0.15, -0.1) is 0 Å². The fourth-order valence-corrected chi connectivity index (χ4v) is 1.20. The predicted molar refractivity (Wildman–Crippen MR) is 61.7 cm³/mol. The molecule has 0 aliphatic rings. The van der Waals surface area contributed by atoms with Gasteiger partial charge in [-0.1, -0.05) is 13.8 Å². The molecule has 0 spiro atoms. The predicted octanol–water partition coefficient (Wildman–Crippen LogP) is 1.66. The molecular formula is C11H17N3O2. The summed E-state index contributed by atoms with van der Waals surface area (Å²) in [6.07, 6.45) is 2.49. The van der Waals surface area contributed by atoms with E-state index < -0.39 is 5.97 Å². The van der Waals surface area contributed by atoms with Crippen LogP contribution in [-0.2, 0) is 0 Å². The number of carbonyl (C=O) groups is 1. The zero-order chi connectivity index (χ0) is 12.1. The smallest absolute Gasteiger partial charge is 0.354 e. The molecule has 1 aromatic heterocycles. The Kier molecular flexibility index (Phi) is 4.22. The summed E-state index contributed by atoms with van der Waals surface area (Å²) >= 11 is 0. The molecule has 0 radical (unpaired) electrons. The van der Waals surface area contributed by atoms with Gasteiger partial charge in [-0.2, -0.15) is 0 Å². The van der Waals surface area contributed by atoms with Crippen LogP contribution in [0.15, 0.2) is 12.3 Å². The van der Waals surface area contributed by atoms with Crippen LogP contribution in [0.5, 0.6) is 0 Å². The van der Waals surface area contributed by atoms with Crippen molar-refractivity contribution in [3.05, 3.63) is 18.0 Å². The monoisotopic (exact) mass is 223 g/mol. The quantitative estimate of drug-likeness (QED) is 0.822. The van der Waals surface area contributed by atoms with Crippen molar-refractivity contribution in [1.82, 2.24) is 9.97 Å². The van der Waals surface area contributed by atoms with Crippen molar-refractivity contribution in [3.63, 3.8) is 0 Å². The second-order valence-electron chi connectivity index (χ2n) is 4.15. The van der Waals surface area contributed by atoms with Crippen LogP contribution in [0.1, 0.15) is 30.8 Å². The fourth-order valence-electron chi connectivity index (χ4n) is 1.20. The number of nitrogens with zero attached hydrogens (tertiary/aromatic N) is 3.